The van der Waals surface area contributed by atoms with Crippen LogP contribution in [0.5, 0.6) is 0 Å². The molecule has 0 rings (SSSR count). The molecule has 2 unspecified atom stereocenters. The molecule has 0 fully saturated rings. The van der Waals surface area contributed by atoms with Crippen molar-refractivity contribution in [2.24, 2.45) is 5.73 Å². The first-order valence-electron chi connectivity index (χ1n) is 21.0. The Balaban J connectivity index is 3.73. The number of hydrogen-bond acceptors (Lipinski definition) is 7. The van der Waals surface area contributed by atoms with Gasteiger partial charge in [-0.25, -0.2) is 4.57 Å². The highest BCUT2D eigenvalue weighted by atomic mass is 31.2. The molecule has 3 N–H and O–H groups in total. The standard InChI is InChI=1S/C40H82NO7P/c1-3-5-7-9-11-12-13-14-15-16-17-18-19-20-21-22-23-24-25-26-27-28-30-32-35-45-37-39(38-47-49(43,44)46-36-34-41)48-40(42)33-31-29-10-8-6-4-2/h39H,3-38,41H2,1-2H3,(H,43,44). The van der Waals surface area contributed by atoms with Gasteiger partial charge in [0.05, 0.1) is 19.8 Å². The Morgan fingerprint density at radius 1 is 0.531 bits per heavy atom. The Labute approximate surface area is 303 Å². The minimum atomic E-state index is -4.26. The SMILES string of the molecule is CCCCCCCCCCCCCCCCCCCCCCCCCCOCC(COP(=O)(O)OCCN)OC(=O)CCCCCCCC. The van der Waals surface area contributed by atoms with Crippen molar-refractivity contribution >= 4 is 13.8 Å². The van der Waals surface area contributed by atoms with Crippen molar-refractivity contribution in [3.8, 4) is 0 Å². The number of hydrogen-bond donors (Lipinski definition) is 2. The van der Waals surface area contributed by atoms with Gasteiger partial charge in [0.15, 0.2) is 0 Å². The molecule has 0 aromatic carbocycles. The smallest absolute Gasteiger partial charge is 0.457 e. The molecule has 2 atom stereocenters. The van der Waals surface area contributed by atoms with Crippen LogP contribution in [0, 0.1) is 0 Å². The predicted molar refractivity (Wildman–Crippen MR) is 206 cm³/mol. The Bertz CT molecular complexity index is 727. The van der Waals surface area contributed by atoms with Gasteiger partial charge in [-0.2, -0.15) is 0 Å². The lowest BCUT2D eigenvalue weighted by molar-refractivity contribution is -0.154. The molecule has 0 saturated heterocycles. The largest absolute Gasteiger partial charge is 0.472 e. The lowest BCUT2D eigenvalue weighted by atomic mass is 10.0. The third-order valence-corrected chi connectivity index (χ3v) is 10.3. The number of carbonyl (C=O) groups is 1. The van der Waals surface area contributed by atoms with E-state index in [1.165, 1.54) is 161 Å². The van der Waals surface area contributed by atoms with Crippen molar-refractivity contribution in [3.63, 3.8) is 0 Å². The molecule has 0 radical (unpaired) electrons. The van der Waals surface area contributed by atoms with Gasteiger partial charge in [0.1, 0.15) is 6.10 Å². The molecule has 294 valence electrons. The normalized spacial score (nSPS) is 13.5. The quantitative estimate of drug-likeness (QED) is 0.0364. The zero-order chi connectivity index (χ0) is 35.9. The first-order chi connectivity index (χ1) is 23.9. The van der Waals surface area contributed by atoms with E-state index in [-0.39, 0.29) is 32.3 Å². The molecule has 0 spiro atoms. The van der Waals surface area contributed by atoms with E-state index in [0.717, 1.165) is 32.1 Å². The Morgan fingerprint density at radius 3 is 1.29 bits per heavy atom. The highest BCUT2D eigenvalue weighted by Gasteiger charge is 2.25. The zero-order valence-corrected chi connectivity index (χ0v) is 33.3. The molecule has 0 aromatic heterocycles. The van der Waals surface area contributed by atoms with Crippen LogP contribution in [0.25, 0.3) is 0 Å². The second-order valence-corrected chi connectivity index (χ2v) is 15.7. The van der Waals surface area contributed by atoms with Crippen LogP contribution in [0.15, 0.2) is 0 Å². The van der Waals surface area contributed by atoms with E-state index in [2.05, 4.69) is 13.8 Å². The summed E-state index contributed by atoms with van der Waals surface area (Å²) in [4.78, 5) is 22.2. The van der Waals surface area contributed by atoms with Gasteiger partial charge in [0, 0.05) is 19.6 Å². The third-order valence-electron chi connectivity index (χ3n) is 9.27. The van der Waals surface area contributed by atoms with E-state index >= 15 is 0 Å². The first-order valence-corrected chi connectivity index (χ1v) is 22.5. The fourth-order valence-electron chi connectivity index (χ4n) is 6.17. The van der Waals surface area contributed by atoms with Crippen molar-refractivity contribution in [2.75, 3.05) is 33.0 Å². The van der Waals surface area contributed by atoms with Crippen LogP contribution in [0.3, 0.4) is 0 Å². The highest BCUT2D eigenvalue weighted by Crippen LogP contribution is 2.43. The second kappa shape index (κ2) is 38.7. The lowest BCUT2D eigenvalue weighted by Crippen LogP contribution is -2.28. The summed E-state index contributed by atoms with van der Waals surface area (Å²) < 4.78 is 33.2. The van der Waals surface area contributed by atoms with E-state index in [1.54, 1.807) is 0 Å². The molecule has 0 heterocycles. The molecule has 0 aliphatic heterocycles. The van der Waals surface area contributed by atoms with Gasteiger partial charge in [-0.3, -0.25) is 13.8 Å². The molecular weight excluding hydrogens is 637 g/mol. The second-order valence-electron chi connectivity index (χ2n) is 14.2. The molecule has 0 aromatic rings. The van der Waals surface area contributed by atoms with Gasteiger partial charge in [0.25, 0.3) is 0 Å². The van der Waals surface area contributed by atoms with Gasteiger partial charge >= 0.3 is 13.8 Å². The number of esters is 1. The molecule has 9 heteroatoms. The van der Waals surface area contributed by atoms with Crippen molar-refractivity contribution < 1.29 is 32.8 Å². The molecule has 0 aliphatic carbocycles. The number of nitrogens with two attached hydrogens (primary N) is 1. The summed E-state index contributed by atoms with van der Waals surface area (Å²) in [5.41, 5.74) is 5.34. The summed E-state index contributed by atoms with van der Waals surface area (Å²) in [5.74, 6) is -0.335. The Hall–Kier alpha value is -0.500. The van der Waals surface area contributed by atoms with Crippen LogP contribution < -0.4 is 5.73 Å². The molecule has 0 bridgehead atoms. The number of phosphoric ester groups is 1. The van der Waals surface area contributed by atoms with Crippen molar-refractivity contribution in [2.45, 2.75) is 219 Å². The van der Waals surface area contributed by atoms with Crippen LogP contribution in [-0.4, -0.2) is 49.9 Å². The molecule has 8 nitrogen and oxygen atoms in total. The number of phosphoric acid groups is 1. The number of rotatable bonds is 41. The molecule has 49 heavy (non-hydrogen) atoms. The van der Waals surface area contributed by atoms with Crippen molar-refractivity contribution in [1.82, 2.24) is 0 Å². The van der Waals surface area contributed by atoms with E-state index < -0.39 is 13.9 Å². The summed E-state index contributed by atoms with van der Waals surface area (Å²) in [5, 5.41) is 0. The maximum Gasteiger partial charge on any atom is 0.472 e. The van der Waals surface area contributed by atoms with Gasteiger partial charge < -0.3 is 20.1 Å². The number of unbranched alkanes of at least 4 members (excludes halogenated alkanes) is 28. The van der Waals surface area contributed by atoms with Gasteiger partial charge in [-0.15, -0.1) is 0 Å². The van der Waals surface area contributed by atoms with Crippen molar-refractivity contribution in [1.29, 1.82) is 0 Å². The molecular formula is C40H82NO7P. The zero-order valence-electron chi connectivity index (χ0n) is 32.5. The summed E-state index contributed by atoms with van der Waals surface area (Å²) in [6.45, 7) is 4.90. The maximum atomic E-state index is 12.4. The first kappa shape index (κ1) is 48.5. The molecule has 0 aliphatic rings. The number of carbonyl (C=O) groups excluding carboxylic acids is 1. The Kier molecular flexibility index (Phi) is 38.3. The van der Waals surface area contributed by atoms with Crippen molar-refractivity contribution in [3.05, 3.63) is 0 Å². The summed E-state index contributed by atoms with van der Waals surface area (Å²) in [6, 6.07) is 0. The van der Waals surface area contributed by atoms with Crippen LogP contribution in [0.1, 0.15) is 213 Å². The monoisotopic (exact) mass is 720 g/mol. The topological polar surface area (TPSA) is 117 Å². The van der Waals surface area contributed by atoms with Crippen LogP contribution in [-0.2, 0) is 27.9 Å². The summed E-state index contributed by atoms with van der Waals surface area (Å²) in [7, 11) is -4.26. The van der Waals surface area contributed by atoms with Gasteiger partial charge in [0.2, 0.25) is 0 Å². The molecule has 0 amide bonds. The van der Waals surface area contributed by atoms with E-state index in [1.807, 2.05) is 0 Å². The minimum Gasteiger partial charge on any atom is -0.457 e. The summed E-state index contributed by atoms with van der Waals surface area (Å²) >= 11 is 0. The highest BCUT2D eigenvalue weighted by molar-refractivity contribution is 7.47. The third kappa shape index (κ3) is 38.6. The Morgan fingerprint density at radius 2 is 0.898 bits per heavy atom. The van der Waals surface area contributed by atoms with E-state index in [4.69, 9.17) is 24.3 Å². The number of ether oxygens (including phenoxy) is 2. The fourth-order valence-corrected chi connectivity index (χ4v) is 6.94. The van der Waals surface area contributed by atoms with Gasteiger partial charge in [-0.1, -0.05) is 194 Å². The lowest BCUT2D eigenvalue weighted by Gasteiger charge is -2.20. The summed E-state index contributed by atoms with van der Waals surface area (Å²) in [6.07, 6.45) is 38.8. The van der Waals surface area contributed by atoms with Crippen LogP contribution >= 0.6 is 7.82 Å². The van der Waals surface area contributed by atoms with Gasteiger partial charge in [-0.05, 0) is 12.8 Å². The average molecular weight is 720 g/mol. The fraction of sp³-hybridized carbons (Fsp3) is 0.975. The molecule has 0 saturated carbocycles. The predicted octanol–water partition coefficient (Wildman–Crippen LogP) is 12.1. The minimum absolute atomic E-state index is 0.0909. The van der Waals surface area contributed by atoms with E-state index in [9.17, 15) is 14.3 Å². The maximum absolute atomic E-state index is 12.4. The van der Waals surface area contributed by atoms with E-state index in [0.29, 0.717) is 13.0 Å². The van der Waals surface area contributed by atoms with Crippen LogP contribution in [0.4, 0.5) is 0 Å². The van der Waals surface area contributed by atoms with Crippen LogP contribution in [0.2, 0.25) is 0 Å². The average Bonchev–Trinajstić information content (AvgIpc) is 3.09.